The number of carbonyl (C=O) groups is 2. The van der Waals surface area contributed by atoms with Crippen LogP contribution in [0.2, 0.25) is 0 Å². The summed E-state index contributed by atoms with van der Waals surface area (Å²) in [7, 11) is 2.18. The number of ether oxygens (including phenoxy) is 1. The van der Waals surface area contributed by atoms with Crippen molar-refractivity contribution in [3.63, 3.8) is 0 Å². The second-order valence-electron chi connectivity index (χ2n) is 14.1. The number of hydrogen-bond donors (Lipinski definition) is 2. The van der Waals surface area contributed by atoms with Gasteiger partial charge in [-0.2, -0.15) is 0 Å². The number of fused-ring (bicyclic) bond motifs is 4. The molecule has 3 aliphatic carbocycles. The predicted octanol–water partition coefficient (Wildman–Crippen LogP) is 3.06. The van der Waals surface area contributed by atoms with Crippen LogP contribution in [0.25, 0.3) is 0 Å². The van der Waals surface area contributed by atoms with Crippen molar-refractivity contribution in [3.8, 4) is 0 Å². The van der Waals surface area contributed by atoms with E-state index in [0.29, 0.717) is 24.4 Å². The van der Waals surface area contributed by atoms with Crippen LogP contribution in [0.3, 0.4) is 0 Å². The number of amides is 1. The first-order chi connectivity index (χ1) is 21.0. The number of alkyl halides is 1. The van der Waals surface area contributed by atoms with Crippen LogP contribution < -0.4 is 10.6 Å². The van der Waals surface area contributed by atoms with Crippen molar-refractivity contribution in [2.24, 2.45) is 17.8 Å². The molecule has 3 aliphatic heterocycles. The Balaban J connectivity index is 1.12. The Labute approximate surface area is 255 Å². The molecular formula is C33H49FN6O3. The van der Waals surface area contributed by atoms with Crippen LogP contribution >= 0.6 is 0 Å². The average Bonchev–Trinajstić information content (AvgIpc) is 3.69. The SMILES string of the molecule is CN1CCCC1CCNC1C(F)CC2C(=O)C(C(=O)NCCCn3ccnc3)=CN3C4CCC5CCCCC5C4OC1C23. The first-order valence-corrected chi connectivity index (χ1v) is 17.0. The maximum atomic E-state index is 16.2. The number of hydrogen-bond acceptors (Lipinski definition) is 7. The van der Waals surface area contributed by atoms with E-state index in [1.165, 1.54) is 32.1 Å². The number of imidazole rings is 1. The van der Waals surface area contributed by atoms with Gasteiger partial charge < -0.3 is 29.7 Å². The van der Waals surface area contributed by atoms with E-state index in [9.17, 15) is 9.59 Å². The number of rotatable bonds is 9. The third-order valence-electron chi connectivity index (χ3n) is 11.7. The lowest BCUT2D eigenvalue weighted by molar-refractivity contribution is -0.220. The van der Waals surface area contributed by atoms with E-state index in [1.807, 2.05) is 17.0 Å². The van der Waals surface area contributed by atoms with Crippen molar-refractivity contribution in [1.29, 1.82) is 0 Å². The number of Topliss-reactive ketones (excluding diaryl/α,β-unsaturated/α-hetero) is 1. The Morgan fingerprint density at radius 2 is 2.00 bits per heavy atom. The largest absolute Gasteiger partial charge is 0.369 e. The Bertz CT molecular complexity index is 1180. The van der Waals surface area contributed by atoms with E-state index in [0.717, 1.165) is 51.7 Å². The van der Waals surface area contributed by atoms with Crippen LogP contribution in [0.15, 0.2) is 30.5 Å². The van der Waals surface area contributed by atoms with Gasteiger partial charge in [0.15, 0.2) is 5.78 Å². The summed E-state index contributed by atoms with van der Waals surface area (Å²) >= 11 is 0. The molecule has 236 valence electrons. The molecule has 0 radical (unpaired) electrons. The van der Waals surface area contributed by atoms with Crippen LogP contribution in [-0.2, 0) is 20.9 Å². The van der Waals surface area contributed by atoms with Crippen molar-refractivity contribution in [2.45, 2.75) is 120 Å². The molecule has 2 N–H and O–H groups in total. The van der Waals surface area contributed by atoms with Gasteiger partial charge in [-0.3, -0.25) is 9.59 Å². The molecule has 0 bridgehead atoms. The molecule has 10 atom stereocenters. The summed E-state index contributed by atoms with van der Waals surface area (Å²) in [6.45, 7) is 3.08. The molecule has 2 saturated heterocycles. The Kier molecular flexibility index (Phi) is 8.62. The monoisotopic (exact) mass is 596 g/mol. The number of ketones is 1. The molecule has 0 aromatic carbocycles. The second-order valence-corrected chi connectivity index (χ2v) is 14.1. The van der Waals surface area contributed by atoms with Gasteiger partial charge >= 0.3 is 0 Å². The standard InChI is InChI=1S/C33H49FN6O3/c1-38-15-4-7-22(38)11-13-36-28-26(34)18-24-29-32(28)43-31-23-8-3-2-6-21(23)9-10-27(31)40(29)19-25(30(24)41)33(42)37-12-5-16-39-17-14-35-20-39/h14,17,19-24,26-29,31-32,36H,2-13,15-16,18H2,1H3,(H,37,42). The van der Waals surface area contributed by atoms with Gasteiger partial charge in [-0.1, -0.05) is 19.3 Å². The van der Waals surface area contributed by atoms with E-state index in [4.69, 9.17) is 4.74 Å². The fourth-order valence-electron chi connectivity index (χ4n) is 9.50. The maximum Gasteiger partial charge on any atom is 0.256 e. The van der Waals surface area contributed by atoms with Crippen LogP contribution in [-0.4, -0.2) is 100 Å². The molecule has 1 aromatic heterocycles. The molecule has 1 aromatic rings. The normalized spacial score (nSPS) is 39.1. The zero-order valence-electron chi connectivity index (χ0n) is 25.6. The molecule has 9 nitrogen and oxygen atoms in total. The van der Waals surface area contributed by atoms with Crippen molar-refractivity contribution < 1.29 is 18.7 Å². The second kappa shape index (κ2) is 12.6. The molecule has 10 heteroatoms. The molecule has 7 rings (SSSR count). The quantitative estimate of drug-likeness (QED) is 0.335. The zero-order chi connectivity index (χ0) is 29.5. The summed E-state index contributed by atoms with van der Waals surface area (Å²) in [5.41, 5.74) is 0.192. The van der Waals surface area contributed by atoms with Gasteiger partial charge in [-0.05, 0) is 83.3 Å². The minimum atomic E-state index is -1.20. The van der Waals surface area contributed by atoms with Gasteiger partial charge in [0.2, 0.25) is 0 Å². The van der Waals surface area contributed by atoms with E-state index in [1.54, 1.807) is 12.5 Å². The highest BCUT2D eigenvalue weighted by Crippen LogP contribution is 2.50. The lowest BCUT2D eigenvalue weighted by Crippen LogP contribution is -2.74. The molecule has 0 spiro atoms. The highest BCUT2D eigenvalue weighted by Gasteiger charge is 2.60. The molecule has 3 saturated carbocycles. The van der Waals surface area contributed by atoms with Crippen LogP contribution in [0.5, 0.6) is 0 Å². The predicted molar refractivity (Wildman–Crippen MR) is 161 cm³/mol. The fourth-order valence-corrected chi connectivity index (χ4v) is 9.50. The summed E-state index contributed by atoms with van der Waals surface area (Å²) in [5, 5.41) is 6.58. The van der Waals surface area contributed by atoms with E-state index in [-0.39, 0.29) is 41.9 Å². The van der Waals surface area contributed by atoms with Gasteiger partial charge in [-0.25, -0.2) is 9.37 Å². The molecule has 5 fully saturated rings. The van der Waals surface area contributed by atoms with Gasteiger partial charge in [0, 0.05) is 43.6 Å². The molecular weight excluding hydrogens is 547 g/mol. The minimum Gasteiger partial charge on any atom is -0.369 e. The average molecular weight is 597 g/mol. The Morgan fingerprint density at radius 3 is 2.81 bits per heavy atom. The highest BCUT2D eigenvalue weighted by atomic mass is 19.1. The van der Waals surface area contributed by atoms with Crippen molar-refractivity contribution in [2.75, 3.05) is 26.7 Å². The van der Waals surface area contributed by atoms with Gasteiger partial charge in [0.05, 0.1) is 42.2 Å². The van der Waals surface area contributed by atoms with Crippen molar-refractivity contribution in [3.05, 3.63) is 30.5 Å². The summed E-state index contributed by atoms with van der Waals surface area (Å²) < 4.78 is 25.2. The first-order valence-electron chi connectivity index (χ1n) is 17.0. The van der Waals surface area contributed by atoms with Gasteiger partial charge in [0.25, 0.3) is 5.91 Å². The van der Waals surface area contributed by atoms with Crippen LogP contribution in [0, 0.1) is 17.8 Å². The Hall–Kier alpha value is -2.30. The number of likely N-dealkylation sites (tertiary alicyclic amines) is 1. The molecule has 10 unspecified atom stereocenters. The topological polar surface area (TPSA) is 91.7 Å². The van der Waals surface area contributed by atoms with E-state index >= 15 is 4.39 Å². The highest BCUT2D eigenvalue weighted by molar-refractivity contribution is 6.20. The molecule has 1 amide bonds. The first kappa shape index (κ1) is 29.4. The van der Waals surface area contributed by atoms with Crippen LogP contribution in [0.4, 0.5) is 4.39 Å². The zero-order valence-corrected chi connectivity index (χ0v) is 25.6. The lowest BCUT2D eigenvalue weighted by atomic mass is 9.64. The Morgan fingerprint density at radius 1 is 1.12 bits per heavy atom. The number of carbonyl (C=O) groups excluding carboxylic acids is 2. The molecule has 43 heavy (non-hydrogen) atoms. The van der Waals surface area contributed by atoms with E-state index < -0.39 is 24.2 Å². The number of aromatic nitrogens is 2. The third-order valence-corrected chi connectivity index (χ3v) is 11.7. The van der Waals surface area contributed by atoms with Crippen molar-refractivity contribution in [1.82, 2.24) is 30.0 Å². The molecule has 4 heterocycles. The summed E-state index contributed by atoms with van der Waals surface area (Å²) in [5.74, 6) is -0.00574. The fraction of sp³-hybridized carbons (Fsp3) is 0.788. The number of morpholine rings is 1. The number of halogens is 1. The summed E-state index contributed by atoms with van der Waals surface area (Å²) in [6, 6.07) is -0.00809. The molecule has 6 aliphatic rings. The van der Waals surface area contributed by atoms with Gasteiger partial charge in [0.1, 0.15) is 6.17 Å². The van der Waals surface area contributed by atoms with Crippen molar-refractivity contribution >= 4 is 11.7 Å². The smallest absolute Gasteiger partial charge is 0.256 e. The number of aryl methyl sites for hydroxylation is 1. The summed E-state index contributed by atoms with van der Waals surface area (Å²) in [4.78, 5) is 36.1. The number of nitrogens with one attached hydrogen (secondary N) is 2. The number of nitrogens with zero attached hydrogens (tertiary/aromatic N) is 4. The van der Waals surface area contributed by atoms with Gasteiger partial charge in [-0.15, -0.1) is 0 Å². The lowest BCUT2D eigenvalue weighted by Gasteiger charge is -2.61. The van der Waals surface area contributed by atoms with Crippen LogP contribution in [0.1, 0.15) is 70.6 Å². The third kappa shape index (κ3) is 5.68. The summed E-state index contributed by atoms with van der Waals surface area (Å²) in [6.07, 6.45) is 17.0. The minimum absolute atomic E-state index is 0.0143. The maximum absolute atomic E-state index is 16.2. The van der Waals surface area contributed by atoms with E-state index in [2.05, 4.69) is 32.5 Å².